The quantitative estimate of drug-likeness (QED) is 0.809. The number of nitrogens with zero attached hydrogens (tertiary/aromatic N) is 3. The number of benzene rings is 1. The van der Waals surface area contributed by atoms with Gasteiger partial charge in [-0.15, -0.1) is 0 Å². The fourth-order valence-electron chi connectivity index (χ4n) is 3.64. The summed E-state index contributed by atoms with van der Waals surface area (Å²) in [6.07, 6.45) is 0.314. The van der Waals surface area contributed by atoms with Crippen molar-refractivity contribution in [3.63, 3.8) is 0 Å². The first-order chi connectivity index (χ1) is 14.1. The smallest absolute Gasteiger partial charge is 0.410 e. The Morgan fingerprint density at radius 1 is 1.37 bits per heavy atom. The van der Waals surface area contributed by atoms with Crippen LogP contribution in [0, 0.1) is 12.7 Å². The zero-order valence-corrected chi connectivity index (χ0v) is 17.9. The van der Waals surface area contributed by atoms with Gasteiger partial charge >= 0.3 is 6.09 Å². The lowest BCUT2D eigenvalue weighted by atomic mass is 9.94. The van der Waals surface area contributed by atoms with Crippen molar-refractivity contribution < 1.29 is 23.4 Å². The van der Waals surface area contributed by atoms with Crippen LogP contribution in [0.5, 0.6) is 0 Å². The van der Waals surface area contributed by atoms with Crippen LogP contribution in [0.1, 0.15) is 44.5 Å². The molecule has 2 atom stereocenters. The summed E-state index contributed by atoms with van der Waals surface area (Å²) in [7, 11) is 0. The van der Waals surface area contributed by atoms with Gasteiger partial charge in [0.1, 0.15) is 23.4 Å². The maximum atomic E-state index is 15.1. The SMILES string of the molecule is Cc1cc(-c2cn(CCO)c([C@@H]3CCN(C(=O)OC(C)(C)C)C[C@@H]3F)n2)ccc1F. The van der Waals surface area contributed by atoms with E-state index >= 15 is 4.39 Å². The molecule has 0 spiro atoms. The Labute approximate surface area is 175 Å². The Balaban J connectivity index is 1.82. The molecule has 1 aliphatic heterocycles. The van der Waals surface area contributed by atoms with Crippen molar-refractivity contribution >= 4 is 6.09 Å². The van der Waals surface area contributed by atoms with Crippen LogP contribution in [0.25, 0.3) is 11.3 Å². The lowest BCUT2D eigenvalue weighted by Gasteiger charge is -2.35. The molecule has 1 aliphatic rings. The minimum atomic E-state index is -1.31. The second kappa shape index (κ2) is 8.71. The number of halogens is 2. The molecule has 2 heterocycles. The van der Waals surface area contributed by atoms with E-state index in [2.05, 4.69) is 4.98 Å². The molecule has 1 saturated heterocycles. The number of aliphatic hydroxyl groups excluding tert-OH is 1. The minimum absolute atomic E-state index is 0.0729. The highest BCUT2D eigenvalue weighted by molar-refractivity contribution is 5.68. The molecular formula is C22H29F2N3O3. The van der Waals surface area contributed by atoms with Crippen molar-refractivity contribution in [2.24, 2.45) is 0 Å². The van der Waals surface area contributed by atoms with Crippen molar-refractivity contribution in [2.75, 3.05) is 19.7 Å². The van der Waals surface area contributed by atoms with Gasteiger partial charge in [0.2, 0.25) is 0 Å². The number of alkyl halides is 1. The predicted octanol–water partition coefficient (Wildman–Crippen LogP) is 4.05. The number of ether oxygens (including phenoxy) is 1. The number of piperidine rings is 1. The number of hydrogen-bond donors (Lipinski definition) is 1. The van der Waals surface area contributed by atoms with Gasteiger partial charge < -0.3 is 19.3 Å². The number of imidazole rings is 1. The second-order valence-corrected chi connectivity index (χ2v) is 8.70. The van der Waals surface area contributed by atoms with Crippen LogP contribution in [0.2, 0.25) is 0 Å². The molecule has 164 valence electrons. The zero-order chi connectivity index (χ0) is 22.1. The molecule has 0 radical (unpaired) electrons. The number of carbonyl (C=O) groups is 1. The van der Waals surface area contributed by atoms with Crippen LogP contribution in [-0.4, -0.2) is 57.1 Å². The number of aromatic nitrogens is 2. The van der Waals surface area contributed by atoms with Crippen molar-refractivity contribution in [3.05, 3.63) is 41.6 Å². The van der Waals surface area contributed by atoms with Gasteiger partial charge in [-0.05, 0) is 57.9 Å². The lowest BCUT2D eigenvalue weighted by molar-refractivity contribution is 0.0105. The summed E-state index contributed by atoms with van der Waals surface area (Å²) < 4.78 is 35.8. The Morgan fingerprint density at radius 2 is 2.10 bits per heavy atom. The van der Waals surface area contributed by atoms with Crippen molar-refractivity contribution in [1.82, 2.24) is 14.5 Å². The Kier molecular flexibility index (Phi) is 6.45. The molecule has 8 heteroatoms. The van der Waals surface area contributed by atoms with Crippen LogP contribution >= 0.6 is 0 Å². The van der Waals surface area contributed by atoms with Gasteiger partial charge in [-0.3, -0.25) is 0 Å². The fourth-order valence-corrected chi connectivity index (χ4v) is 3.64. The molecule has 1 N–H and O–H groups in total. The molecule has 1 amide bonds. The third-order valence-electron chi connectivity index (χ3n) is 5.13. The number of aryl methyl sites for hydroxylation is 1. The summed E-state index contributed by atoms with van der Waals surface area (Å²) in [6, 6.07) is 4.71. The van der Waals surface area contributed by atoms with E-state index in [1.54, 1.807) is 50.6 Å². The van der Waals surface area contributed by atoms with Crippen molar-refractivity contribution in [2.45, 2.75) is 58.4 Å². The maximum absolute atomic E-state index is 15.1. The second-order valence-electron chi connectivity index (χ2n) is 8.70. The van der Waals surface area contributed by atoms with E-state index in [9.17, 15) is 14.3 Å². The summed E-state index contributed by atoms with van der Waals surface area (Å²) >= 11 is 0. The molecule has 1 aromatic carbocycles. The number of carbonyl (C=O) groups excluding carboxylic acids is 1. The third kappa shape index (κ3) is 4.98. The predicted molar refractivity (Wildman–Crippen MR) is 110 cm³/mol. The van der Waals surface area contributed by atoms with Crippen molar-refractivity contribution in [1.29, 1.82) is 0 Å². The summed E-state index contributed by atoms with van der Waals surface area (Å²) in [4.78, 5) is 18.3. The number of likely N-dealkylation sites (tertiary alicyclic amines) is 1. The number of hydrogen-bond acceptors (Lipinski definition) is 4. The van der Waals surface area contributed by atoms with E-state index in [1.807, 2.05) is 0 Å². The molecule has 0 saturated carbocycles. The van der Waals surface area contributed by atoms with E-state index in [-0.39, 0.29) is 25.5 Å². The largest absolute Gasteiger partial charge is 0.444 e. The Hall–Kier alpha value is -2.48. The minimum Gasteiger partial charge on any atom is -0.444 e. The average Bonchev–Trinajstić information content (AvgIpc) is 3.06. The number of amides is 1. The van der Waals surface area contributed by atoms with E-state index in [0.29, 0.717) is 30.0 Å². The van der Waals surface area contributed by atoms with Gasteiger partial charge in [-0.2, -0.15) is 0 Å². The molecule has 0 bridgehead atoms. The van der Waals surface area contributed by atoms with E-state index in [4.69, 9.17) is 4.74 Å². The molecule has 0 aliphatic carbocycles. The monoisotopic (exact) mass is 421 g/mol. The van der Waals surface area contributed by atoms with Gasteiger partial charge in [-0.25, -0.2) is 18.6 Å². The van der Waals surface area contributed by atoms with Crippen LogP contribution in [-0.2, 0) is 11.3 Å². The molecule has 6 nitrogen and oxygen atoms in total. The van der Waals surface area contributed by atoms with Crippen LogP contribution < -0.4 is 0 Å². The number of rotatable bonds is 4. The van der Waals surface area contributed by atoms with E-state index in [1.165, 1.54) is 11.0 Å². The van der Waals surface area contributed by atoms with Crippen molar-refractivity contribution in [3.8, 4) is 11.3 Å². The molecule has 1 fully saturated rings. The standard InChI is InChI=1S/C22H29F2N3O3/c1-14-11-15(5-6-17(14)23)19-13-26(9-10-28)20(25-19)16-7-8-27(12-18(16)24)21(29)30-22(2,3)4/h5-6,11,13,16,18,28H,7-10,12H2,1-4H3/t16-,18+/m1/s1. The fraction of sp³-hybridized carbons (Fsp3) is 0.545. The van der Waals surface area contributed by atoms with Gasteiger partial charge in [0, 0.05) is 24.8 Å². The summed E-state index contributed by atoms with van der Waals surface area (Å²) in [5.41, 5.74) is 1.19. The van der Waals surface area contributed by atoms with E-state index < -0.39 is 23.8 Å². The number of aliphatic hydroxyl groups is 1. The van der Waals surface area contributed by atoms with Gasteiger partial charge in [0.15, 0.2) is 0 Å². The van der Waals surface area contributed by atoms with Crippen LogP contribution in [0.4, 0.5) is 13.6 Å². The average molecular weight is 421 g/mol. The van der Waals surface area contributed by atoms with Gasteiger partial charge in [-0.1, -0.05) is 0 Å². The first-order valence-electron chi connectivity index (χ1n) is 10.2. The molecule has 2 aromatic rings. The normalized spacial score (nSPS) is 19.8. The first kappa shape index (κ1) is 22.2. The summed E-state index contributed by atoms with van der Waals surface area (Å²) in [5, 5.41) is 9.43. The topological polar surface area (TPSA) is 67.6 Å². The van der Waals surface area contributed by atoms with Crippen LogP contribution in [0.3, 0.4) is 0 Å². The zero-order valence-electron chi connectivity index (χ0n) is 17.9. The Bertz CT molecular complexity index is 908. The highest BCUT2D eigenvalue weighted by Crippen LogP contribution is 2.33. The van der Waals surface area contributed by atoms with Crippen LogP contribution in [0.15, 0.2) is 24.4 Å². The summed E-state index contributed by atoms with van der Waals surface area (Å²) in [5.74, 6) is -0.282. The van der Waals surface area contributed by atoms with E-state index in [0.717, 1.165) is 5.56 Å². The summed E-state index contributed by atoms with van der Waals surface area (Å²) in [6.45, 7) is 7.45. The highest BCUT2D eigenvalue weighted by atomic mass is 19.1. The molecule has 3 rings (SSSR count). The molecule has 30 heavy (non-hydrogen) atoms. The molecular weight excluding hydrogens is 392 g/mol. The third-order valence-corrected chi connectivity index (χ3v) is 5.13. The highest BCUT2D eigenvalue weighted by Gasteiger charge is 2.36. The molecule has 1 aromatic heterocycles. The van der Waals surface area contributed by atoms with Gasteiger partial charge in [0.25, 0.3) is 0 Å². The molecule has 0 unspecified atom stereocenters. The van der Waals surface area contributed by atoms with Gasteiger partial charge in [0.05, 0.1) is 24.8 Å². The lowest BCUT2D eigenvalue weighted by Crippen LogP contribution is -2.46. The maximum Gasteiger partial charge on any atom is 0.410 e. The Morgan fingerprint density at radius 3 is 2.70 bits per heavy atom. The first-order valence-corrected chi connectivity index (χ1v) is 10.2.